The Bertz CT molecular complexity index is 543. The standard InChI is InChI=1S/C14H20N4O3/c1-2-3-8-17(11-5-6-11)14(19)10-4-7-12(16-15)13(9-10)18(20)21/h4,7,9,11,16H,2-3,5-6,8,15H2,1H3. The third-order valence-corrected chi connectivity index (χ3v) is 3.60. The number of rotatable bonds is 7. The number of nitrogens with zero attached hydrogens (tertiary/aromatic N) is 2. The zero-order valence-electron chi connectivity index (χ0n) is 12.0. The van der Waals surface area contributed by atoms with Gasteiger partial charge in [-0.2, -0.15) is 0 Å². The van der Waals surface area contributed by atoms with Crippen LogP contribution >= 0.6 is 0 Å². The molecule has 0 saturated heterocycles. The van der Waals surface area contributed by atoms with E-state index in [0.29, 0.717) is 12.1 Å². The Morgan fingerprint density at radius 3 is 2.76 bits per heavy atom. The average Bonchev–Trinajstić information content (AvgIpc) is 3.31. The van der Waals surface area contributed by atoms with Crippen molar-refractivity contribution in [3.63, 3.8) is 0 Å². The lowest BCUT2D eigenvalue weighted by molar-refractivity contribution is -0.384. The second-order valence-corrected chi connectivity index (χ2v) is 5.22. The van der Waals surface area contributed by atoms with Gasteiger partial charge in [0.2, 0.25) is 0 Å². The summed E-state index contributed by atoms with van der Waals surface area (Å²) in [5.41, 5.74) is 2.62. The highest BCUT2D eigenvalue weighted by Crippen LogP contribution is 2.30. The van der Waals surface area contributed by atoms with Crippen LogP contribution in [0.25, 0.3) is 0 Å². The fourth-order valence-corrected chi connectivity index (χ4v) is 2.27. The van der Waals surface area contributed by atoms with Crippen molar-refractivity contribution in [1.29, 1.82) is 0 Å². The van der Waals surface area contributed by atoms with Gasteiger partial charge in [-0.05, 0) is 31.4 Å². The summed E-state index contributed by atoms with van der Waals surface area (Å²) in [4.78, 5) is 24.9. The number of nitrogens with two attached hydrogens (primary N) is 1. The lowest BCUT2D eigenvalue weighted by atomic mass is 10.1. The molecule has 0 atom stereocenters. The van der Waals surface area contributed by atoms with Crippen LogP contribution in [-0.2, 0) is 0 Å². The molecule has 1 saturated carbocycles. The second-order valence-electron chi connectivity index (χ2n) is 5.22. The minimum absolute atomic E-state index is 0.141. The van der Waals surface area contributed by atoms with Crippen LogP contribution in [0.3, 0.4) is 0 Å². The Hall–Kier alpha value is -2.15. The molecule has 0 aliphatic heterocycles. The van der Waals surface area contributed by atoms with Crippen LogP contribution < -0.4 is 11.3 Å². The van der Waals surface area contributed by atoms with E-state index in [9.17, 15) is 14.9 Å². The highest BCUT2D eigenvalue weighted by atomic mass is 16.6. The lowest BCUT2D eigenvalue weighted by Crippen LogP contribution is -2.34. The van der Waals surface area contributed by atoms with E-state index in [1.165, 1.54) is 12.1 Å². The fourth-order valence-electron chi connectivity index (χ4n) is 2.27. The number of nitrogen functional groups attached to an aromatic ring is 1. The maximum atomic E-state index is 12.6. The SMILES string of the molecule is CCCCN(C(=O)c1ccc(NN)c([N+](=O)[O-])c1)C1CC1. The molecule has 1 aliphatic rings. The van der Waals surface area contributed by atoms with Crippen molar-refractivity contribution in [2.24, 2.45) is 5.84 Å². The number of benzene rings is 1. The molecule has 0 aromatic heterocycles. The van der Waals surface area contributed by atoms with Crippen LogP contribution in [0.1, 0.15) is 43.0 Å². The molecule has 0 unspecified atom stereocenters. The molecule has 2 rings (SSSR count). The number of hydrogen-bond donors (Lipinski definition) is 2. The molecule has 0 spiro atoms. The quantitative estimate of drug-likeness (QED) is 0.456. The molecule has 1 aliphatic carbocycles. The molecule has 7 heteroatoms. The first-order chi connectivity index (χ1) is 10.1. The number of carbonyl (C=O) groups excluding carboxylic acids is 1. The van der Waals surface area contributed by atoms with Gasteiger partial charge in [0.05, 0.1) is 4.92 Å². The zero-order chi connectivity index (χ0) is 15.4. The van der Waals surface area contributed by atoms with Gasteiger partial charge >= 0.3 is 0 Å². The molecule has 0 radical (unpaired) electrons. The maximum absolute atomic E-state index is 12.6. The Kier molecular flexibility index (Phi) is 4.74. The first-order valence-corrected chi connectivity index (χ1v) is 7.14. The molecule has 7 nitrogen and oxygen atoms in total. The summed E-state index contributed by atoms with van der Waals surface area (Å²) < 4.78 is 0. The van der Waals surface area contributed by atoms with E-state index in [4.69, 9.17) is 5.84 Å². The number of nitro groups is 1. The lowest BCUT2D eigenvalue weighted by Gasteiger charge is -2.22. The van der Waals surface area contributed by atoms with E-state index < -0.39 is 4.92 Å². The number of amides is 1. The van der Waals surface area contributed by atoms with Gasteiger partial charge < -0.3 is 10.3 Å². The van der Waals surface area contributed by atoms with Gasteiger partial charge in [0.15, 0.2) is 0 Å². The summed E-state index contributed by atoms with van der Waals surface area (Å²) in [6, 6.07) is 4.62. The van der Waals surface area contributed by atoms with Crippen molar-refractivity contribution in [2.75, 3.05) is 12.0 Å². The van der Waals surface area contributed by atoms with E-state index >= 15 is 0 Å². The second kappa shape index (κ2) is 6.53. The van der Waals surface area contributed by atoms with Crippen molar-refractivity contribution in [3.8, 4) is 0 Å². The summed E-state index contributed by atoms with van der Waals surface area (Å²) in [5.74, 6) is 5.11. The van der Waals surface area contributed by atoms with Crippen molar-refractivity contribution in [2.45, 2.75) is 38.6 Å². The number of hydrogen-bond acceptors (Lipinski definition) is 5. The molecular formula is C14H20N4O3. The van der Waals surface area contributed by atoms with Crippen LogP contribution in [-0.4, -0.2) is 28.3 Å². The topological polar surface area (TPSA) is 102 Å². The third-order valence-electron chi connectivity index (χ3n) is 3.60. The van der Waals surface area contributed by atoms with E-state index in [2.05, 4.69) is 12.3 Å². The molecule has 1 aromatic rings. The molecule has 114 valence electrons. The highest BCUT2D eigenvalue weighted by Gasteiger charge is 2.33. The highest BCUT2D eigenvalue weighted by molar-refractivity contribution is 5.96. The van der Waals surface area contributed by atoms with E-state index in [0.717, 1.165) is 25.7 Å². The third kappa shape index (κ3) is 3.49. The number of anilines is 1. The van der Waals surface area contributed by atoms with E-state index in [1.54, 1.807) is 6.07 Å². The minimum Gasteiger partial charge on any atom is -0.336 e. The fraction of sp³-hybridized carbons (Fsp3) is 0.500. The summed E-state index contributed by atoms with van der Waals surface area (Å²) in [5, 5.41) is 11.0. The summed E-state index contributed by atoms with van der Waals surface area (Å²) in [6.45, 7) is 2.77. The van der Waals surface area contributed by atoms with E-state index in [-0.39, 0.29) is 23.3 Å². The number of unbranched alkanes of at least 4 members (excludes halogenated alkanes) is 1. The Balaban J connectivity index is 2.24. The molecular weight excluding hydrogens is 272 g/mol. The average molecular weight is 292 g/mol. The molecule has 1 fully saturated rings. The van der Waals surface area contributed by atoms with Crippen molar-refractivity contribution < 1.29 is 9.72 Å². The number of hydrazine groups is 1. The largest absolute Gasteiger partial charge is 0.336 e. The van der Waals surface area contributed by atoms with Gasteiger partial charge in [0.1, 0.15) is 5.69 Å². The Labute approximate surface area is 123 Å². The van der Waals surface area contributed by atoms with Gasteiger partial charge in [-0.15, -0.1) is 0 Å². The van der Waals surface area contributed by atoms with Crippen molar-refractivity contribution in [3.05, 3.63) is 33.9 Å². The maximum Gasteiger partial charge on any atom is 0.294 e. The van der Waals surface area contributed by atoms with Crippen LogP contribution in [0.2, 0.25) is 0 Å². The normalized spacial score (nSPS) is 13.8. The summed E-state index contributed by atoms with van der Waals surface area (Å²) in [6.07, 6.45) is 3.97. The molecule has 1 amide bonds. The molecule has 21 heavy (non-hydrogen) atoms. The Morgan fingerprint density at radius 1 is 1.52 bits per heavy atom. The molecule has 0 bridgehead atoms. The van der Waals surface area contributed by atoms with Gasteiger partial charge in [0.25, 0.3) is 11.6 Å². The van der Waals surface area contributed by atoms with Gasteiger partial charge in [-0.1, -0.05) is 13.3 Å². The molecule has 1 aromatic carbocycles. The van der Waals surface area contributed by atoms with Crippen molar-refractivity contribution >= 4 is 17.3 Å². The van der Waals surface area contributed by atoms with Crippen LogP contribution in [0.4, 0.5) is 11.4 Å². The predicted molar refractivity (Wildman–Crippen MR) is 79.9 cm³/mol. The minimum atomic E-state index is -0.542. The van der Waals surface area contributed by atoms with Crippen LogP contribution in [0.15, 0.2) is 18.2 Å². The number of carbonyl (C=O) groups is 1. The van der Waals surface area contributed by atoms with Crippen LogP contribution in [0, 0.1) is 10.1 Å². The number of nitro benzene ring substituents is 1. The smallest absolute Gasteiger partial charge is 0.294 e. The van der Waals surface area contributed by atoms with E-state index in [1.807, 2.05) is 4.90 Å². The summed E-state index contributed by atoms with van der Waals surface area (Å²) in [7, 11) is 0. The molecule has 3 N–H and O–H groups in total. The van der Waals surface area contributed by atoms with Gasteiger partial charge in [-0.3, -0.25) is 20.8 Å². The summed E-state index contributed by atoms with van der Waals surface area (Å²) >= 11 is 0. The molecule has 0 heterocycles. The monoisotopic (exact) mass is 292 g/mol. The van der Waals surface area contributed by atoms with Gasteiger partial charge in [-0.25, -0.2) is 0 Å². The van der Waals surface area contributed by atoms with Crippen LogP contribution in [0.5, 0.6) is 0 Å². The zero-order valence-corrected chi connectivity index (χ0v) is 12.0. The Morgan fingerprint density at radius 2 is 2.24 bits per heavy atom. The first kappa shape index (κ1) is 15.2. The van der Waals surface area contributed by atoms with Gasteiger partial charge in [0, 0.05) is 24.2 Å². The van der Waals surface area contributed by atoms with Crippen molar-refractivity contribution in [1.82, 2.24) is 4.90 Å². The first-order valence-electron chi connectivity index (χ1n) is 7.14. The predicted octanol–water partition coefficient (Wildman–Crippen LogP) is 2.29. The number of nitrogens with one attached hydrogen (secondary N) is 1.